The summed E-state index contributed by atoms with van der Waals surface area (Å²) in [6.07, 6.45) is 6.76. The number of aromatic nitrogens is 2. The first-order valence-electron chi connectivity index (χ1n) is 7.72. The lowest BCUT2D eigenvalue weighted by Crippen LogP contribution is -2.29. The lowest BCUT2D eigenvalue weighted by molar-refractivity contribution is -0.0365. The first-order chi connectivity index (χ1) is 9.63. The van der Waals surface area contributed by atoms with Crippen LogP contribution < -0.4 is 5.73 Å². The minimum Gasteiger partial charge on any atom is -0.370 e. The minimum atomic E-state index is -0.367. The lowest BCUT2D eigenvalue weighted by Gasteiger charge is -2.27. The molecule has 20 heavy (non-hydrogen) atoms. The molecule has 0 amide bonds. The van der Waals surface area contributed by atoms with Crippen molar-refractivity contribution in [3.63, 3.8) is 0 Å². The number of hydrogen-bond acceptors (Lipinski definition) is 5. The maximum Gasteiger partial charge on any atom is 0.231 e. The molecule has 0 aromatic carbocycles. The Morgan fingerprint density at radius 2 is 1.90 bits per heavy atom. The second kappa shape index (κ2) is 6.68. The molecule has 1 fully saturated rings. The smallest absolute Gasteiger partial charge is 0.231 e. The third-order valence-electron chi connectivity index (χ3n) is 4.53. The van der Waals surface area contributed by atoms with Gasteiger partial charge in [-0.25, -0.2) is 0 Å². The summed E-state index contributed by atoms with van der Waals surface area (Å²) in [5.74, 6) is 1.87. The number of nitrogens with zero attached hydrogens (tertiary/aromatic N) is 2. The van der Waals surface area contributed by atoms with E-state index in [1.54, 1.807) is 7.11 Å². The molecule has 1 saturated carbocycles. The van der Waals surface area contributed by atoms with E-state index in [1.807, 2.05) is 0 Å². The molecule has 0 spiro atoms. The van der Waals surface area contributed by atoms with Crippen LogP contribution in [0.4, 0.5) is 0 Å². The summed E-state index contributed by atoms with van der Waals surface area (Å²) in [6, 6.07) is 0. The Morgan fingerprint density at radius 1 is 1.25 bits per heavy atom. The van der Waals surface area contributed by atoms with E-state index in [0.29, 0.717) is 24.2 Å². The zero-order valence-corrected chi connectivity index (χ0v) is 12.9. The molecule has 1 aliphatic carbocycles. The maximum atomic E-state index is 5.82. The number of rotatable bonds is 5. The highest BCUT2D eigenvalue weighted by molar-refractivity contribution is 5.05. The van der Waals surface area contributed by atoms with Crippen LogP contribution in [-0.4, -0.2) is 23.8 Å². The molecule has 0 bridgehead atoms. The molecule has 1 aromatic rings. The topological polar surface area (TPSA) is 74.2 Å². The molecule has 1 aliphatic rings. The van der Waals surface area contributed by atoms with E-state index in [4.69, 9.17) is 15.0 Å². The summed E-state index contributed by atoms with van der Waals surface area (Å²) in [6.45, 7) is 4.78. The summed E-state index contributed by atoms with van der Waals surface area (Å²) in [7, 11) is 1.75. The van der Waals surface area contributed by atoms with Crippen LogP contribution in [0.2, 0.25) is 0 Å². The first kappa shape index (κ1) is 15.4. The highest BCUT2D eigenvalue weighted by Crippen LogP contribution is 2.38. The van der Waals surface area contributed by atoms with Gasteiger partial charge in [0.25, 0.3) is 0 Å². The van der Waals surface area contributed by atoms with E-state index in [1.165, 1.54) is 12.8 Å². The lowest BCUT2D eigenvalue weighted by atomic mass is 9.93. The largest absolute Gasteiger partial charge is 0.370 e. The molecular formula is C15H27N3O2. The van der Waals surface area contributed by atoms with Gasteiger partial charge in [-0.2, -0.15) is 4.98 Å². The predicted molar refractivity (Wildman–Crippen MR) is 77.3 cm³/mol. The van der Waals surface area contributed by atoms with Crippen molar-refractivity contribution >= 4 is 0 Å². The Balaban J connectivity index is 2.25. The molecule has 1 unspecified atom stereocenters. The molecule has 0 saturated heterocycles. The predicted octanol–water partition coefficient (Wildman–Crippen LogP) is 2.96. The van der Waals surface area contributed by atoms with Crippen molar-refractivity contribution in [1.29, 1.82) is 0 Å². The molecule has 1 atom stereocenters. The molecule has 5 heteroatoms. The Morgan fingerprint density at radius 3 is 2.40 bits per heavy atom. The van der Waals surface area contributed by atoms with Crippen molar-refractivity contribution in [2.75, 3.05) is 13.7 Å². The normalized spacial score (nSPS) is 20.9. The molecule has 5 nitrogen and oxygen atoms in total. The SMILES string of the molecule is COC1(c2noc(C(CN)C(C)C)n2)CCCCCC1. The molecule has 2 N–H and O–H groups in total. The summed E-state index contributed by atoms with van der Waals surface area (Å²) < 4.78 is 11.3. The highest BCUT2D eigenvalue weighted by atomic mass is 16.5. The number of nitrogens with two attached hydrogens (primary N) is 1. The first-order valence-corrected chi connectivity index (χ1v) is 7.72. The summed E-state index contributed by atoms with van der Waals surface area (Å²) in [4.78, 5) is 4.63. The fraction of sp³-hybridized carbons (Fsp3) is 0.867. The van der Waals surface area contributed by atoms with E-state index in [2.05, 4.69) is 24.0 Å². The van der Waals surface area contributed by atoms with Gasteiger partial charge in [0.2, 0.25) is 11.7 Å². The van der Waals surface area contributed by atoms with Gasteiger partial charge >= 0.3 is 0 Å². The van der Waals surface area contributed by atoms with Crippen LogP contribution in [0.25, 0.3) is 0 Å². The highest BCUT2D eigenvalue weighted by Gasteiger charge is 2.38. The average molecular weight is 281 g/mol. The van der Waals surface area contributed by atoms with Crippen molar-refractivity contribution in [2.45, 2.75) is 63.9 Å². The van der Waals surface area contributed by atoms with E-state index in [9.17, 15) is 0 Å². The van der Waals surface area contributed by atoms with Gasteiger partial charge in [-0.15, -0.1) is 0 Å². The van der Waals surface area contributed by atoms with Gasteiger partial charge in [0.15, 0.2) is 0 Å². The fourth-order valence-corrected chi connectivity index (χ4v) is 3.05. The van der Waals surface area contributed by atoms with E-state index < -0.39 is 0 Å². The van der Waals surface area contributed by atoms with Gasteiger partial charge in [-0.3, -0.25) is 0 Å². The van der Waals surface area contributed by atoms with Crippen molar-refractivity contribution < 1.29 is 9.26 Å². The third kappa shape index (κ3) is 3.04. The standard InChI is InChI=1S/C15H27N3O2/c1-11(2)12(10-16)13-17-14(18-20-13)15(19-3)8-6-4-5-7-9-15/h11-12H,4-10,16H2,1-3H3. The Kier molecular flexibility index (Phi) is 5.16. The summed E-state index contributed by atoms with van der Waals surface area (Å²) in [5, 5.41) is 4.21. The molecular weight excluding hydrogens is 254 g/mol. The molecule has 114 valence electrons. The van der Waals surface area contributed by atoms with Crippen molar-refractivity contribution in [1.82, 2.24) is 10.1 Å². The monoisotopic (exact) mass is 281 g/mol. The molecule has 0 aliphatic heterocycles. The summed E-state index contributed by atoms with van der Waals surface area (Å²) >= 11 is 0. The van der Waals surface area contributed by atoms with Crippen LogP contribution in [0, 0.1) is 5.92 Å². The number of ether oxygens (including phenoxy) is 1. The second-order valence-electron chi connectivity index (χ2n) is 6.16. The van der Waals surface area contributed by atoms with Gasteiger partial charge in [0.1, 0.15) is 5.60 Å². The average Bonchev–Trinajstić information content (AvgIpc) is 2.78. The van der Waals surface area contributed by atoms with Crippen molar-refractivity contribution in [3.8, 4) is 0 Å². The summed E-state index contributed by atoms with van der Waals surface area (Å²) in [5.41, 5.74) is 5.46. The van der Waals surface area contributed by atoms with Gasteiger partial charge in [-0.05, 0) is 18.8 Å². The molecule has 0 radical (unpaired) electrons. The zero-order chi connectivity index (χ0) is 14.6. The zero-order valence-electron chi connectivity index (χ0n) is 12.9. The van der Waals surface area contributed by atoms with Crippen LogP contribution in [0.3, 0.4) is 0 Å². The van der Waals surface area contributed by atoms with Crippen LogP contribution in [0.5, 0.6) is 0 Å². The van der Waals surface area contributed by atoms with Crippen molar-refractivity contribution in [3.05, 3.63) is 11.7 Å². The quantitative estimate of drug-likeness (QED) is 0.840. The van der Waals surface area contributed by atoms with Crippen LogP contribution in [0.15, 0.2) is 4.52 Å². The maximum absolute atomic E-state index is 5.82. The Bertz CT molecular complexity index is 409. The minimum absolute atomic E-state index is 0.121. The Hall–Kier alpha value is -0.940. The van der Waals surface area contributed by atoms with Gasteiger partial charge < -0.3 is 15.0 Å². The van der Waals surface area contributed by atoms with E-state index >= 15 is 0 Å². The van der Waals surface area contributed by atoms with Crippen molar-refractivity contribution in [2.24, 2.45) is 11.7 Å². The van der Waals surface area contributed by atoms with Crippen LogP contribution in [-0.2, 0) is 10.3 Å². The van der Waals surface area contributed by atoms with E-state index in [-0.39, 0.29) is 11.5 Å². The second-order valence-corrected chi connectivity index (χ2v) is 6.16. The fourth-order valence-electron chi connectivity index (χ4n) is 3.05. The van der Waals surface area contributed by atoms with Crippen LogP contribution in [0.1, 0.15) is 70.0 Å². The van der Waals surface area contributed by atoms with Gasteiger partial charge in [0, 0.05) is 13.7 Å². The van der Waals surface area contributed by atoms with Gasteiger partial charge in [0.05, 0.1) is 5.92 Å². The van der Waals surface area contributed by atoms with Gasteiger partial charge in [-0.1, -0.05) is 44.7 Å². The molecule has 1 heterocycles. The Labute approximate surface area is 121 Å². The number of hydrogen-bond donors (Lipinski definition) is 1. The van der Waals surface area contributed by atoms with Crippen LogP contribution >= 0.6 is 0 Å². The third-order valence-corrected chi connectivity index (χ3v) is 4.53. The molecule has 2 rings (SSSR count). The molecule has 1 aromatic heterocycles. The number of methoxy groups -OCH3 is 1. The van der Waals surface area contributed by atoms with E-state index in [0.717, 1.165) is 25.7 Å².